The van der Waals surface area contributed by atoms with Gasteiger partial charge in [0.2, 0.25) is 5.95 Å². The number of anilines is 1. The van der Waals surface area contributed by atoms with Gasteiger partial charge in [-0.1, -0.05) is 11.6 Å². The smallest absolute Gasteiger partial charge is 0.224 e. The molecule has 15 heavy (non-hydrogen) atoms. The third kappa shape index (κ3) is 2.38. The second-order valence-electron chi connectivity index (χ2n) is 3.54. The molecule has 0 bridgehead atoms. The van der Waals surface area contributed by atoms with Crippen LogP contribution in [-0.4, -0.2) is 29.6 Å². The lowest BCUT2D eigenvalue weighted by molar-refractivity contribution is 0.708. The quantitative estimate of drug-likeness (QED) is 0.746. The highest BCUT2D eigenvalue weighted by Gasteiger charge is 2.14. The molecule has 0 radical (unpaired) electrons. The molecule has 5 heteroatoms. The molecular formula is C10H15ClN4. The van der Waals surface area contributed by atoms with Crippen molar-refractivity contribution in [3.05, 3.63) is 16.4 Å². The van der Waals surface area contributed by atoms with Gasteiger partial charge in [-0.05, 0) is 19.9 Å². The molecule has 1 aromatic rings. The van der Waals surface area contributed by atoms with Gasteiger partial charge in [-0.15, -0.1) is 0 Å². The van der Waals surface area contributed by atoms with E-state index in [0.717, 1.165) is 43.7 Å². The number of nitrogens with one attached hydrogen (secondary N) is 2. The zero-order chi connectivity index (χ0) is 10.7. The highest BCUT2D eigenvalue weighted by molar-refractivity contribution is 6.30. The van der Waals surface area contributed by atoms with Gasteiger partial charge in [0.1, 0.15) is 5.15 Å². The Morgan fingerprint density at radius 3 is 2.93 bits per heavy atom. The maximum atomic E-state index is 6.14. The standard InChI is InChI=1S/C10H15ClN4/c1-2-13-10-14-8-4-6-12-5-3-7(8)9(11)15-10/h12H,2-6H2,1H3,(H,13,14,15). The predicted octanol–water partition coefficient (Wildman–Crippen LogP) is 1.25. The molecule has 0 saturated carbocycles. The van der Waals surface area contributed by atoms with Crippen LogP contribution in [0.4, 0.5) is 5.95 Å². The van der Waals surface area contributed by atoms with Crippen molar-refractivity contribution in [3.8, 4) is 0 Å². The molecule has 1 aromatic heterocycles. The third-order valence-corrected chi connectivity index (χ3v) is 2.78. The van der Waals surface area contributed by atoms with Crippen molar-refractivity contribution in [1.82, 2.24) is 15.3 Å². The van der Waals surface area contributed by atoms with Crippen LogP contribution in [0.3, 0.4) is 0 Å². The molecule has 0 spiro atoms. The largest absolute Gasteiger partial charge is 0.354 e. The van der Waals surface area contributed by atoms with E-state index in [1.54, 1.807) is 0 Å². The Hall–Kier alpha value is -0.870. The number of hydrogen-bond donors (Lipinski definition) is 2. The Morgan fingerprint density at radius 2 is 2.13 bits per heavy atom. The summed E-state index contributed by atoms with van der Waals surface area (Å²) in [4.78, 5) is 8.71. The van der Waals surface area contributed by atoms with Gasteiger partial charge < -0.3 is 10.6 Å². The fraction of sp³-hybridized carbons (Fsp3) is 0.600. The van der Waals surface area contributed by atoms with Crippen LogP contribution in [0.25, 0.3) is 0 Å². The molecule has 4 nitrogen and oxygen atoms in total. The van der Waals surface area contributed by atoms with Crippen LogP contribution < -0.4 is 10.6 Å². The molecule has 82 valence electrons. The Morgan fingerprint density at radius 1 is 1.33 bits per heavy atom. The normalized spacial score (nSPS) is 15.6. The summed E-state index contributed by atoms with van der Waals surface area (Å²) >= 11 is 6.14. The van der Waals surface area contributed by atoms with Crippen molar-refractivity contribution in [2.75, 3.05) is 25.0 Å². The highest BCUT2D eigenvalue weighted by atomic mass is 35.5. The lowest BCUT2D eigenvalue weighted by Crippen LogP contribution is -2.16. The van der Waals surface area contributed by atoms with E-state index in [0.29, 0.717) is 11.1 Å². The minimum absolute atomic E-state index is 0.597. The van der Waals surface area contributed by atoms with Crippen molar-refractivity contribution in [2.45, 2.75) is 19.8 Å². The van der Waals surface area contributed by atoms with Crippen molar-refractivity contribution >= 4 is 17.5 Å². The lowest BCUT2D eigenvalue weighted by atomic mass is 10.1. The van der Waals surface area contributed by atoms with Crippen LogP contribution in [0.1, 0.15) is 18.2 Å². The van der Waals surface area contributed by atoms with Crippen LogP contribution in [0, 0.1) is 0 Å². The number of rotatable bonds is 2. The zero-order valence-corrected chi connectivity index (χ0v) is 9.56. The topological polar surface area (TPSA) is 49.8 Å². The molecular weight excluding hydrogens is 212 g/mol. The van der Waals surface area contributed by atoms with Crippen LogP contribution >= 0.6 is 11.6 Å². The summed E-state index contributed by atoms with van der Waals surface area (Å²) in [6.07, 6.45) is 1.84. The van der Waals surface area contributed by atoms with Gasteiger partial charge in [-0.3, -0.25) is 0 Å². The number of hydrogen-bond acceptors (Lipinski definition) is 4. The van der Waals surface area contributed by atoms with E-state index in [2.05, 4.69) is 20.6 Å². The van der Waals surface area contributed by atoms with E-state index in [-0.39, 0.29) is 0 Å². The Balaban J connectivity index is 2.35. The highest BCUT2D eigenvalue weighted by Crippen LogP contribution is 2.20. The monoisotopic (exact) mass is 226 g/mol. The Labute approximate surface area is 94.5 Å². The summed E-state index contributed by atoms with van der Waals surface area (Å²) in [5.74, 6) is 0.642. The molecule has 2 heterocycles. The molecule has 0 unspecified atom stereocenters. The van der Waals surface area contributed by atoms with Crippen LogP contribution in [-0.2, 0) is 12.8 Å². The summed E-state index contributed by atoms with van der Waals surface area (Å²) in [6.45, 7) is 4.75. The van der Waals surface area contributed by atoms with Gasteiger partial charge in [0.15, 0.2) is 0 Å². The SMILES string of the molecule is CCNc1nc(Cl)c2c(n1)CCNCC2. The lowest BCUT2D eigenvalue weighted by Gasteiger charge is -2.09. The van der Waals surface area contributed by atoms with E-state index in [1.165, 1.54) is 0 Å². The van der Waals surface area contributed by atoms with E-state index in [4.69, 9.17) is 11.6 Å². The summed E-state index contributed by atoms with van der Waals surface area (Å²) in [5.41, 5.74) is 2.18. The summed E-state index contributed by atoms with van der Waals surface area (Å²) in [5, 5.41) is 7.01. The molecule has 1 aliphatic heterocycles. The zero-order valence-electron chi connectivity index (χ0n) is 8.81. The Kier molecular flexibility index (Phi) is 3.38. The first-order chi connectivity index (χ1) is 7.31. The molecule has 0 saturated heterocycles. The molecule has 0 amide bonds. The van der Waals surface area contributed by atoms with Crippen LogP contribution in [0.5, 0.6) is 0 Å². The van der Waals surface area contributed by atoms with E-state index in [9.17, 15) is 0 Å². The summed E-state index contributed by atoms with van der Waals surface area (Å²) in [7, 11) is 0. The van der Waals surface area contributed by atoms with Crippen molar-refractivity contribution in [3.63, 3.8) is 0 Å². The van der Waals surface area contributed by atoms with E-state index >= 15 is 0 Å². The van der Waals surface area contributed by atoms with Crippen LogP contribution in [0.2, 0.25) is 5.15 Å². The number of nitrogens with zero attached hydrogens (tertiary/aromatic N) is 2. The molecule has 0 fully saturated rings. The molecule has 2 rings (SSSR count). The summed E-state index contributed by atoms with van der Waals surface area (Å²) < 4.78 is 0. The number of aromatic nitrogens is 2. The minimum Gasteiger partial charge on any atom is -0.354 e. The summed E-state index contributed by atoms with van der Waals surface area (Å²) in [6, 6.07) is 0. The average Bonchev–Trinajstić information content (AvgIpc) is 2.43. The van der Waals surface area contributed by atoms with Crippen molar-refractivity contribution in [2.24, 2.45) is 0 Å². The molecule has 2 N–H and O–H groups in total. The number of fused-ring (bicyclic) bond motifs is 1. The van der Waals surface area contributed by atoms with E-state index < -0.39 is 0 Å². The van der Waals surface area contributed by atoms with Crippen molar-refractivity contribution in [1.29, 1.82) is 0 Å². The second kappa shape index (κ2) is 4.77. The van der Waals surface area contributed by atoms with E-state index in [1.807, 2.05) is 6.92 Å². The minimum atomic E-state index is 0.597. The predicted molar refractivity (Wildman–Crippen MR) is 61.5 cm³/mol. The second-order valence-corrected chi connectivity index (χ2v) is 3.90. The fourth-order valence-electron chi connectivity index (χ4n) is 1.74. The first-order valence-corrected chi connectivity index (χ1v) is 5.69. The first kappa shape index (κ1) is 10.6. The van der Waals surface area contributed by atoms with Gasteiger partial charge in [0, 0.05) is 25.1 Å². The Bertz CT molecular complexity index is 354. The average molecular weight is 227 g/mol. The maximum absolute atomic E-state index is 6.14. The number of halogens is 1. The first-order valence-electron chi connectivity index (χ1n) is 5.31. The van der Waals surface area contributed by atoms with Gasteiger partial charge in [-0.25, -0.2) is 9.97 Å². The molecule has 0 aromatic carbocycles. The van der Waals surface area contributed by atoms with Crippen LogP contribution in [0.15, 0.2) is 0 Å². The molecule has 1 aliphatic rings. The molecule has 0 aliphatic carbocycles. The van der Waals surface area contributed by atoms with Crippen molar-refractivity contribution < 1.29 is 0 Å². The molecule has 0 atom stereocenters. The maximum Gasteiger partial charge on any atom is 0.224 e. The van der Waals surface area contributed by atoms with Gasteiger partial charge in [0.05, 0.1) is 5.69 Å². The fourth-order valence-corrected chi connectivity index (χ4v) is 2.02. The van der Waals surface area contributed by atoms with Gasteiger partial charge >= 0.3 is 0 Å². The third-order valence-electron chi connectivity index (χ3n) is 2.47. The van der Waals surface area contributed by atoms with Gasteiger partial charge in [-0.2, -0.15) is 0 Å². The van der Waals surface area contributed by atoms with Gasteiger partial charge in [0.25, 0.3) is 0 Å².